The zero-order valence-electron chi connectivity index (χ0n) is 12.3. The monoisotopic (exact) mass is 369 g/mol. The first-order valence-electron chi connectivity index (χ1n) is 6.88. The fraction of sp³-hybridized carbons (Fsp3) is 0.267. The molecule has 0 N–H and O–H groups in total. The van der Waals surface area contributed by atoms with Crippen LogP contribution < -0.4 is 9.80 Å². The molecule has 0 aromatic carbocycles. The van der Waals surface area contributed by atoms with E-state index in [0.717, 1.165) is 4.47 Å². The standard InChI is InChI=1S/C15H12BrN7/c1-22(14-10(5-17)4-11(16)7-21-14)12-8-23(9-12)15-13(6-18)19-2-3-20-15/h2-4,7,12H,8-9H2,1H3. The molecule has 0 saturated carbocycles. The van der Waals surface area contributed by atoms with E-state index < -0.39 is 0 Å². The van der Waals surface area contributed by atoms with Crippen molar-refractivity contribution >= 4 is 27.6 Å². The second kappa shape index (κ2) is 6.19. The topological polar surface area (TPSA) is 92.7 Å². The molecule has 0 amide bonds. The van der Waals surface area contributed by atoms with Gasteiger partial charge in [-0.05, 0) is 22.0 Å². The third-order valence-corrected chi connectivity index (χ3v) is 4.22. The Kier molecular flexibility index (Phi) is 4.09. The van der Waals surface area contributed by atoms with E-state index in [9.17, 15) is 5.26 Å². The van der Waals surface area contributed by atoms with Gasteiger partial charge in [0.2, 0.25) is 0 Å². The number of anilines is 2. The molecule has 7 nitrogen and oxygen atoms in total. The van der Waals surface area contributed by atoms with E-state index >= 15 is 0 Å². The smallest absolute Gasteiger partial charge is 0.183 e. The first kappa shape index (κ1) is 15.2. The van der Waals surface area contributed by atoms with Crippen LogP contribution in [0.15, 0.2) is 29.1 Å². The highest BCUT2D eigenvalue weighted by atomic mass is 79.9. The summed E-state index contributed by atoms with van der Waals surface area (Å²) in [5.41, 5.74) is 0.852. The summed E-state index contributed by atoms with van der Waals surface area (Å²) < 4.78 is 0.777. The van der Waals surface area contributed by atoms with Crippen molar-refractivity contribution in [2.24, 2.45) is 0 Å². The van der Waals surface area contributed by atoms with Gasteiger partial charge in [0.25, 0.3) is 0 Å². The van der Waals surface area contributed by atoms with Gasteiger partial charge in [-0.15, -0.1) is 0 Å². The number of rotatable bonds is 3. The van der Waals surface area contributed by atoms with Gasteiger partial charge in [-0.1, -0.05) is 0 Å². The molecule has 1 saturated heterocycles. The number of nitriles is 2. The van der Waals surface area contributed by atoms with E-state index in [1.54, 1.807) is 18.5 Å². The lowest BCUT2D eigenvalue weighted by Crippen LogP contribution is -2.59. The number of aromatic nitrogens is 3. The van der Waals surface area contributed by atoms with Crippen molar-refractivity contribution < 1.29 is 0 Å². The predicted molar refractivity (Wildman–Crippen MR) is 87.8 cm³/mol. The first-order valence-corrected chi connectivity index (χ1v) is 7.68. The van der Waals surface area contributed by atoms with E-state index in [1.807, 2.05) is 16.8 Å². The number of hydrogen-bond acceptors (Lipinski definition) is 7. The zero-order valence-corrected chi connectivity index (χ0v) is 13.9. The van der Waals surface area contributed by atoms with Gasteiger partial charge in [-0.3, -0.25) is 0 Å². The van der Waals surface area contributed by atoms with E-state index in [-0.39, 0.29) is 6.04 Å². The minimum Gasteiger partial charge on any atom is -0.352 e. The maximum absolute atomic E-state index is 9.26. The third-order valence-electron chi connectivity index (χ3n) is 3.78. The zero-order chi connectivity index (χ0) is 16.4. The van der Waals surface area contributed by atoms with Crippen LogP contribution in [-0.2, 0) is 0 Å². The summed E-state index contributed by atoms with van der Waals surface area (Å²) in [6.45, 7) is 1.40. The summed E-state index contributed by atoms with van der Waals surface area (Å²) in [6.07, 6.45) is 4.77. The Balaban J connectivity index is 1.75. The van der Waals surface area contributed by atoms with Crippen molar-refractivity contribution in [2.45, 2.75) is 6.04 Å². The maximum atomic E-state index is 9.26. The molecule has 0 spiro atoms. The average molecular weight is 370 g/mol. The molecule has 0 atom stereocenters. The highest BCUT2D eigenvalue weighted by Crippen LogP contribution is 2.27. The summed E-state index contributed by atoms with van der Waals surface area (Å²) >= 11 is 3.32. The van der Waals surface area contributed by atoms with Crippen LogP contribution in [0, 0.1) is 22.7 Å². The minimum absolute atomic E-state index is 0.198. The number of nitrogens with zero attached hydrogens (tertiary/aromatic N) is 7. The molecular formula is C15H12BrN7. The molecule has 8 heteroatoms. The van der Waals surface area contributed by atoms with Crippen molar-refractivity contribution in [1.29, 1.82) is 10.5 Å². The first-order chi connectivity index (χ1) is 11.1. The molecular weight excluding hydrogens is 358 g/mol. The lowest BCUT2D eigenvalue weighted by Gasteiger charge is -2.45. The van der Waals surface area contributed by atoms with Crippen molar-refractivity contribution in [1.82, 2.24) is 15.0 Å². The second-order valence-corrected chi connectivity index (χ2v) is 6.06. The van der Waals surface area contributed by atoms with Gasteiger partial charge in [-0.2, -0.15) is 10.5 Å². The molecule has 2 aromatic rings. The van der Waals surface area contributed by atoms with Crippen LogP contribution >= 0.6 is 15.9 Å². The summed E-state index contributed by atoms with van der Waals surface area (Å²) in [4.78, 5) is 16.6. The Labute approximate surface area is 142 Å². The van der Waals surface area contributed by atoms with Gasteiger partial charge in [0.15, 0.2) is 11.5 Å². The fourth-order valence-corrected chi connectivity index (χ4v) is 2.81. The Morgan fingerprint density at radius 1 is 1.22 bits per heavy atom. The van der Waals surface area contributed by atoms with Gasteiger partial charge in [-0.25, -0.2) is 15.0 Å². The minimum atomic E-state index is 0.198. The Morgan fingerprint density at radius 3 is 2.65 bits per heavy atom. The molecule has 0 unspecified atom stereocenters. The molecule has 3 heterocycles. The lowest BCUT2D eigenvalue weighted by molar-refractivity contribution is 0.488. The molecule has 2 aromatic heterocycles. The number of hydrogen-bond donors (Lipinski definition) is 0. The molecule has 114 valence electrons. The van der Waals surface area contributed by atoms with E-state index in [0.29, 0.717) is 36.0 Å². The molecule has 0 aliphatic carbocycles. The Morgan fingerprint density at radius 2 is 1.96 bits per heavy atom. The van der Waals surface area contributed by atoms with Gasteiger partial charge in [0, 0.05) is 43.2 Å². The largest absolute Gasteiger partial charge is 0.352 e. The van der Waals surface area contributed by atoms with Crippen molar-refractivity contribution in [3.63, 3.8) is 0 Å². The molecule has 23 heavy (non-hydrogen) atoms. The van der Waals surface area contributed by atoms with Gasteiger partial charge in [0.1, 0.15) is 18.0 Å². The quantitative estimate of drug-likeness (QED) is 0.812. The van der Waals surface area contributed by atoms with Gasteiger partial charge in [0.05, 0.1) is 11.6 Å². The molecule has 3 rings (SSSR count). The number of pyridine rings is 1. The summed E-state index contributed by atoms with van der Waals surface area (Å²) in [7, 11) is 1.92. The second-order valence-electron chi connectivity index (χ2n) is 5.15. The van der Waals surface area contributed by atoms with Crippen LogP contribution in [0.2, 0.25) is 0 Å². The van der Waals surface area contributed by atoms with Crippen LogP contribution in [0.4, 0.5) is 11.6 Å². The van der Waals surface area contributed by atoms with Crippen LogP contribution in [0.5, 0.6) is 0 Å². The predicted octanol–water partition coefficient (Wildman–Crippen LogP) is 1.70. The molecule has 1 aliphatic rings. The van der Waals surface area contributed by atoms with E-state index in [1.165, 1.54) is 6.20 Å². The summed E-state index contributed by atoms with van der Waals surface area (Å²) in [5.74, 6) is 1.25. The van der Waals surface area contributed by atoms with E-state index in [2.05, 4.69) is 43.0 Å². The van der Waals surface area contributed by atoms with Gasteiger partial charge < -0.3 is 9.80 Å². The number of likely N-dealkylation sites (N-methyl/N-ethyl adjacent to an activating group) is 1. The third kappa shape index (κ3) is 2.81. The van der Waals surface area contributed by atoms with Crippen molar-refractivity contribution in [2.75, 3.05) is 29.9 Å². The molecule has 0 bridgehead atoms. The highest BCUT2D eigenvalue weighted by Gasteiger charge is 2.33. The van der Waals surface area contributed by atoms with Gasteiger partial charge >= 0.3 is 0 Å². The normalized spacial score (nSPS) is 13.8. The summed E-state index contributed by atoms with van der Waals surface area (Å²) in [6, 6.07) is 6.18. The maximum Gasteiger partial charge on any atom is 0.183 e. The van der Waals surface area contributed by atoms with Crippen molar-refractivity contribution in [3.05, 3.63) is 40.4 Å². The lowest BCUT2D eigenvalue weighted by atomic mass is 10.1. The van der Waals surface area contributed by atoms with Crippen LogP contribution in [-0.4, -0.2) is 41.1 Å². The molecule has 0 radical (unpaired) electrons. The summed E-state index contributed by atoms with van der Waals surface area (Å²) in [5, 5.41) is 18.4. The van der Waals surface area contributed by atoms with Crippen molar-refractivity contribution in [3.8, 4) is 12.1 Å². The number of halogens is 1. The molecule has 1 aliphatic heterocycles. The highest BCUT2D eigenvalue weighted by molar-refractivity contribution is 9.10. The Bertz CT molecular complexity index is 817. The molecule has 1 fully saturated rings. The van der Waals surface area contributed by atoms with E-state index in [4.69, 9.17) is 5.26 Å². The SMILES string of the molecule is CN(c1ncc(Br)cc1C#N)C1CN(c2nccnc2C#N)C1. The Hall–Kier alpha value is -2.71. The van der Waals surface area contributed by atoms with Crippen LogP contribution in [0.1, 0.15) is 11.3 Å². The fourth-order valence-electron chi connectivity index (χ4n) is 2.48. The average Bonchev–Trinajstić information content (AvgIpc) is 2.53. The van der Waals surface area contributed by atoms with Crippen LogP contribution in [0.3, 0.4) is 0 Å². The van der Waals surface area contributed by atoms with Crippen LogP contribution in [0.25, 0.3) is 0 Å².